The Labute approximate surface area is 181 Å². The second-order valence-electron chi connectivity index (χ2n) is 9.04. The molecule has 1 fully saturated rings. The summed E-state index contributed by atoms with van der Waals surface area (Å²) in [5, 5.41) is 0. The summed E-state index contributed by atoms with van der Waals surface area (Å²) in [5.41, 5.74) is 13.5. The molecule has 0 aromatic carbocycles. The van der Waals surface area contributed by atoms with E-state index >= 15 is 0 Å². The summed E-state index contributed by atoms with van der Waals surface area (Å²) in [5.74, 6) is 0. The second kappa shape index (κ2) is 7.62. The Balaban J connectivity index is 0.00000105. The minimum absolute atomic E-state index is 0. The normalized spacial score (nSPS) is 24.4. The molecule has 0 aromatic rings. The number of halogens is 2. The fraction of sp³-hybridized carbons (Fsp3) is 0.500. The van der Waals surface area contributed by atoms with Crippen LogP contribution in [0.5, 0.6) is 0 Å². The van der Waals surface area contributed by atoms with Gasteiger partial charge in [-0.25, -0.2) is 0 Å². The molecule has 5 aliphatic rings. The Kier molecular flexibility index (Phi) is 6.10. The zero-order valence-electron chi connectivity index (χ0n) is 17.1. The van der Waals surface area contributed by atoms with E-state index in [4.69, 9.17) is 0 Å². The third-order valence-corrected chi connectivity index (χ3v) is 19.2. The summed E-state index contributed by atoms with van der Waals surface area (Å²) < 4.78 is 7.04. The molecule has 0 N–H and O–H groups in total. The molecular weight excluding hydrogens is 450 g/mol. The number of fused-ring (bicyclic) bond motifs is 2. The van der Waals surface area contributed by atoms with E-state index in [0.717, 1.165) is 0 Å². The van der Waals surface area contributed by atoms with Crippen molar-refractivity contribution in [1.29, 1.82) is 0 Å². The van der Waals surface area contributed by atoms with Gasteiger partial charge < -0.3 is 24.8 Å². The SMILES string of the molecule is CC1=CC2=C(C)CCCC2=[C]1[Zr+2]1([C]2=C3CCCC(C)=C3C=C2C)[CH2][CH2]1.[Cl-].[Cl-]. The van der Waals surface area contributed by atoms with Gasteiger partial charge in [-0.15, -0.1) is 0 Å². The van der Waals surface area contributed by atoms with E-state index in [-0.39, 0.29) is 24.8 Å². The van der Waals surface area contributed by atoms with Gasteiger partial charge in [0, 0.05) is 0 Å². The first-order chi connectivity index (χ1) is 12.0. The van der Waals surface area contributed by atoms with Crippen molar-refractivity contribution in [1.82, 2.24) is 0 Å². The average molecular weight is 481 g/mol. The van der Waals surface area contributed by atoms with Crippen molar-refractivity contribution in [2.24, 2.45) is 0 Å². The number of rotatable bonds is 2. The average Bonchev–Trinajstić information content (AvgIpc) is 3.15. The number of hydrogen-bond donors (Lipinski definition) is 0. The molecule has 0 atom stereocenters. The summed E-state index contributed by atoms with van der Waals surface area (Å²) in [7, 11) is 0. The molecule has 0 amide bonds. The minimum atomic E-state index is -2.35. The zero-order valence-corrected chi connectivity index (χ0v) is 21.0. The van der Waals surface area contributed by atoms with Crippen LogP contribution in [0.2, 0.25) is 8.26 Å². The summed E-state index contributed by atoms with van der Waals surface area (Å²) in [6.07, 6.45) is 13.2. The van der Waals surface area contributed by atoms with Crippen LogP contribution in [0, 0.1) is 0 Å². The van der Waals surface area contributed by atoms with Crippen molar-refractivity contribution in [2.75, 3.05) is 0 Å². The molecule has 0 unspecified atom stereocenters. The summed E-state index contributed by atoms with van der Waals surface area (Å²) in [6, 6.07) is 0. The van der Waals surface area contributed by atoms with Gasteiger partial charge in [-0.2, -0.15) is 0 Å². The van der Waals surface area contributed by atoms with Crippen LogP contribution in [0.3, 0.4) is 0 Å². The molecule has 1 aliphatic heterocycles. The van der Waals surface area contributed by atoms with Crippen LogP contribution >= 0.6 is 0 Å². The monoisotopic (exact) mass is 478 g/mol. The molecule has 1 heterocycles. The van der Waals surface area contributed by atoms with Crippen LogP contribution in [0.15, 0.2) is 63.3 Å². The topological polar surface area (TPSA) is 0 Å². The molecule has 0 spiro atoms. The van der Waals surface area contributed by atoms with Gasteiger partial charge in [0.2, 0.25) is 0 Å². The summed E-state index contributed by atoms with van der Waals surface area (Å²) >= 11 is -2.35. The Morgan fingerprint density at radius 2 is 1.04 bits per heavy atom. The molecule has 4 aliphatic carbocycles. The van der Waals surface area contributed by atoms with E-state index in [1.165, 1.54) is 38.5 Å². The van der Waals surface area contributed by atoms with Crippen LogP contribution < -0.4 is 24.8 Å². The van der Waals surface area contributed by atoms with Crippen LogP contribution in [0.1, 0.15) is 66.2 Å². The van der Waals surface area contributed by atoms with E-state index in [9.17, 15) is 0 Å². The molecule has 0 aromatic heterocycles. The van der Waals surface area contributed by atoms with Crippen LogP contribution in [0.25, 0.3) is 0 Å². The van der Waals surface area contributed by atoms with Crippen molar-refractivity contribution in [3.8, 4) is 0 Å². The Morgan fingerprint density at radius 3 is 1.41 bits per heavy atom. The summed E-state index contributed by atoms with van der Waals surface area (Å²) in [4.78, 5) is 0. The maximum absolute atomic E-state index is 2.57. The third kappa shape index (κ3) is 3.12. The molecular formula is C24H30Cl2Zr. The first-order valence-electron chi connectivity index (χ1n) is 10.3. The van der Waals surface area contributed by atoms with Gasteiger partial charge >= 0.3 is 158 Å². The molecule has 0 nitrogen and oxygen atoms in total. The molecule has 5 rings (SSSR count). The van der Waals surface area contributed by atoms with Gasteiger partial charge in [-0.1, -0.05) is 0 Å². The minimum Gasteiger partial charge on any atom is -1.00 e. The van der Waals surface area contributed by atoms with E-state index in [2.05, 4.69) is 39.8 Å². The Bertz CT molecular complexity index is 815. The van der Waals surface area contributed by atoms with Crippen LogP contribution in [-0.2, 0) is 20.3 Å². The molecule has 3 heteroatoms. The van der Waals surface area contributed by atoms with Crippen molar-refractivity contribution >= 4 is 0 Å². The molecule has 27 heavy (non-hydrogen) atoms. The van der Waals surface area contributed by atoms with Crippen LogP contribution in [0.4, 0.5) is 0 Å². The molecule has 0 saturated carbocycles. The van der Waals surface area contributed by atoms with E-state index in [1.807, 2.05) is 6.56 Å². The van der Waals surface area contributed by atoms with Gasteiger partial charge in [-0.3, -0.25) is 0 Å². The number of hydrogen-bond acceptors (Lipinski definition) is 0. The Morgan fingerprint density at radius 1 is 0.630 bits per heavy atom. The van der Waals surface area contributed by atoms with Crippen molar-refractivity contribution < 1.29 is 45.1 Å². The summed E-state index contributed by atoms with van der Waals surface area (Å²) in [6.45, 7) is 9.62. The first-order valence-corrected chi connectivity index (χ1v) is 16.2. The van der Waals surface area contributed by atoms with Crippen LogP contribution in [-0.4, -0.2) is 0 Å². The van der Waals surface area contributed by atoms with Crippen molar-refractivity contribution in [2.45, 2.75) is 74.5 Å². The quantitative estimate of drug-likeness (QED) is 0.561. The van der Waals surface area contributed by atoms with Gasteiger partial charge in [0.15, 0.2) is 0 Å². The van der Waals surface area contributed by atoms with Crippen molar-refractivity contribution in [3.05, 3.63) is 63.3 Å². The molecule has 1 saturated heterocycles. The van der Waals surface area contributed by atoms with E-state index in [0.29, 0.717) is 0 Å². The fourth-order valence-electron chi connectivity index (χ4n) is 6.19. The maximum atomic E-state index is 2.57. The zero-order chi connectivity index (χ0) is 17.3. The first kappa shape index (κ1) is 21.6. The standard InChI is InChI=1S/2C11H13.C2H4.2ClH.Zr/c2*1-8-6-10-5-3-4-9(2)11(10)7-8;1-2;;;/h2*7H,3-5H2,1-2H3;1-2H2;2*1H;/q;;;;;+2/p-2. The number of allylic oxidation sites excluding steroid dienone is 12. The van der Waals surface area contributed by atoms with Crippen molar-refractivity contribution in [3.63, 3.8) is 0 Å². The molecule has 0 radical (unpaired) electrons. The van der Waals surface area contributed by atoms with E-state index in [1.54, 1.807) is 52.8 Å². The molecule has 144 valence electrons. The smallest absolute Gasteiger partial charge is 1.00 e. The largest absolute Gasteiger partial charge is 1.00 e. The van der Waals surface area contributed by atoms with E-state index < -0.39 is 20.3 Å². The maximum Gasteiger partial charge on any atom is -1.00 e. The fourth-order valence-corrected chi connectivity index (χ4v) is 21.7. The Hall–Kier alpha value is -0.0969. The van der Waals surface area contributed by atoms with Gasteiger partial charge in [0.1, 0.15) is 0 Å². The second-order valence-corrected chi connectivity index (χ2v) is 19.3. The van der Waals surface area contributed by atoms with Gasteiger partial charge in [-0.05, 0) is 0 Å². The predicted molar refractivity (Wildman–Crippen MR) is 104 cm³/mol. The predicted octanol–water partition coefficient (Wildman–Crippen LogP) is 1.43. The third-order valence-electron chi connectivity index (χ3n) is 7.35. The van der Waals surface area contributed by atoms with Gasteiger partial charge in [0.25, 0.3) is 0 Å². The van der Waals surface area contributed by atoms with Gasteiger partial charge in [0.05, 0.1) is 0 Å². The molecule has 0 bridgehead atoms.